The lowest BCUT2D eigenvalue weighted by molar-refractivity contribution is 0.0842. The molecule has 86 valence electrons. The summed E-state index contributed by atoms with van der Waals surface area (Å²) in [7, 11) is 0. The zero-order chi connectivity index (χ0) is 11.8. The Morgan fingerprint density at radius 1 is 1.18 bits per heavy atom. The lowest BCUT2D eigenvalue weighted by Gasteiger charge is -2.25. The van der Waals surface area contributed by atoms with Gasteiger partial charge in [-0.2, -0.15) is 5.26 Å². The molecule has 2 heteroatoms. The molecule has 4 atom stereocenters. The first-order valence-electron chi connectivity index (χ1n) is 6.30. The number of Topliss-reactive ketones (excluding diaryl/α,β-unsaturated/α-hetero) is 1. The number of hydrogen-bond donors (Lipinski definition) is 0. The molecule has 0 spiro atoms. The van der Waals surface area contributed by atoms with E-state index in [9.17, 15) is 10.1 Å². The first-order valence-corrected chi connectivity index (χ1v) is 6.30. The molecular formula is C15H15NO. The van der Waals surface area contributed by atoms with Gasteiger partial charge in [0.15, 0.2) is 5.78 Å². The third-order valence-electron chi connectivity index (χ3n) is 4.43. The van der Waals surface area contributed by atoms with Crippen LogP contribution >= 0.6 is 0 Å². The summed E-state index contributed by atoms with van der Waals surface area (Å²) >= 11 is 0. The summed E-state index contributed by atoms with van der Waals surface area (Å²) in [6.45, 7) is 0. The molecule has 1 aromatic rings. The van der Waals surface area contributed by atoms with E-state index in [-0.39, 0.29) is 17.6 Å². The van der Waals surface area contributed by atoms with E-state index in [2.05, 4.69) is 6.07 Å². The Balaban J connectivity index is 1.90. The number of rotatable bonds is 2. The minimum Gasteiger partial charge on any atom is -0.294 e. The van der Waals surface area contributed by atoms with Crippen molar-refractivity contribution in [2.75, 3.05) is 0 Å². The van der Waals surface area contributed by atoms with Crippen LogP contribution in [0.1, 0.15) is 29.6 Å². The topological polar surface area (TPSA) is 40.9 Å². The smallest absolute Gasteiger partial charge is 0.167 e. The van der Waals surface area contributed by atoms with E-state index in [0.717, 1.165) is 24.8 Å². The summed E-state index contributed by atoms with van der Waals surface area (Å²) in [6.07, 6.45) is 3.36. The molecular weight excluding hydrogens is 210 g/mol. The Bertz CT molecular complexity index is 473. The average Bonchev–Trinajstić information content (AvgIpc) is 2.98. The van der Waals surface area contributed by atoms with Gasteiger partial charge in [-0.25, -0.2) is 0 Å². The van der Waals surface area contributed by atoms with E-state index in [1.807, 2.05) is 30.3 Å². The molecule has 0 heterocycles. The summed E-state index contributed by atoms with van der Waals surface area (Å²) in [5, 5.41) is 9.25. The van der Waals surface area contributed by atoms with Gasteiger partial charge < -0.3 is 0 Å². The molecule has 2 bridgehead atoms. The maximum Gasteiger partial charge on any atom is 0.167 e. The van der Waals surface area contributed by atoms with Gasteiger partial charge in [-0.05, 0) is 31.1 Å². The van der Waals surface area contributed by atoms with Gasteiger partial charge in [-0.1, -0.05) is 30.3 Å². The predicted molar refractivity (Wildman–Crippen MR) is 64.2 cm³/mol. The van der Waals surface area contributed by atoms with Crippen LogP contribution in [0.4, 0.5) is 0 Å². The fraction of sp³-hybridized carbons (Fsp3) is 0.467. The highest BCUT2D eigenvalue weighted by Gasteiger charge is 2.50. The number of carbonyl (C=O) groups excluding carboxylic acids is 1. The molecule has 3 rings (SSSR count). The second-order valence-electron chi connectivity index (χ2n) is 5.24. The van der Waals surface area contributed by atoms with Crippen LogP contribution in [0, 0.1) is 35.0 Å². The van der Waals surface area contributed by atoms with Crippen molar-refractivity contribution in [1.82, 2.24) is 0 Å². The van der Waals surface area contributed by atoms with E-state index >= 15 is 0 Å². The number of carbonyl (C=O) groups is 1. The number of nitrogens with zero attached hydrogens (tertiary/aromatic N) is 1. The summed E-state index contributed by atoms with van der Waals surface area (Å²) in [5.41, 5.74) is 0.769. The lowest BCUT2D eigenvalue weighted by Crippen LogP contribution is -2.28. The van der Waals surface area contributed by atoms with Crippen molar-refractivity contribution in [3.8, 4) is 6.07 Å². The van der Waals surface area contributed by atoms with E-state index < -0.39 is 0 Å². The Morgan fingerprint density at radius 2 is 1.88 bits per heavy atom. The van der Waals surface area contributed by atoms with Gasteiger partial charge in [-0.15, -0.1) is 0 Å². The van der Waals surface area contributed by atoms with Crippen LogP contribution in [0.15, 0.2) is 30.3 Å². The molecule has 0 aromatic heterocycles. The molecule has 0 radical (unpaired) electrons. The molecule has 2 nitrogen and oxygen atoms in total. The number of nitriles is 1. The first kappa shape index (κ1) is 10.5. The van der Waals surface area contributed by atoms with Gasteiger partial charge in [0.2, 0.25) is 0 Å². The van der Waals surface area contributed by atoms with Crippen LogP contribution in [0.5, 0.6) is 0 Å². The lowest BCUT2D eigenvalue weighted by atomic mass is 9.76. The van der Waals surface area contributed by atoms with Crippen molar-refractivity contribution in [2.24, 2.45) is 23.7 Å². The highest BCUT2D eigenvalue weighted by Crippen LogP contribution is 2.52. The third-order valence-corrected chi connectivity index (χ3v) is 4.43. The highest BCUT2D eigenvalue weighted by molar-refractivity contribution is 5.98. The molecule has 2 aliphatic carbocycles. The van der Waals surface area contributed by atoms with E-state index in [1.54, 1.807) is 0 Å². The largest absolute Gasteiger partial charge is 0.294 e. The van der Waals surface area contributed by atoms with Crippen LogP contribution in [0.2, 0.25) is 0 Å². The summed E-state index contributed by atoms with van der Waals surface area (Å²) in [6, 6.07) is 11.8. The van der Waals surface area contributed by atoms with Crippen molar-refractivity contribution in [1.29, 1.82) is 5.26 Å². The highest BCUT2D eigenvalue weighted by atomic mass is 16.1. The molecule has 0 unspecified atom stereocenters. The average molecular weight is 225 g/mol. The van der Waals surface area contributed by atoms with E-state index in [1.165, 1.54) is 0 Å². The van der Waals surface area contributed by atoms with Gasteiger partial charge >= 0.3 is 0 Å². The van der Waals surface area contributed by atoms with Crippen molar-refractivity contribution in [3.05, 3.63) is 35.9 Å². The molecule has 0 N–H and O–H groups in total. The zero-order valence-electron chi connectivity index (χ0n) is 9.67. The fourth-order valence-corrected chi connectivity index (χ4v) is 3.65. The van der Waals surface area contributed by atoms with Crippen molar-refractivity contribution >= 4 is 5.78 Å². The molecule has 2 saturated carbocycles. The standard InChI is InChI=1S/C15H15NO/c16-9-13-11-6-7-12(8-11)14(13)15(17)10-4-2-1-3-5-10/h1-5,11-14H,6-8H2/t11-,12+,13+,14+/m1/s1. The van der Waals surface area contributed by atoms with Gasteiger partial charge in [0.05, 0.1) is 12.0 Å². The van der Waals surface area contributed by atoms with Gasteiger partial charge in [0, 0.05) is 11.5 Å². The molecule has 1 aromatic carbocycles. The molecule has 2 aliphatic rings. The van der Waals surface area contributed by atoms with Gasteiger partial charge in [0.25, 0.3) is 0 Å². The Kier molecular flexibility index (Phi) is 2.48. The number of fused-ring (bicyclic) bond motifs is 2. The van der Waals surface area contributed by atoms with Crippen LogP contribution in [-0.4, -0.2) is 5.78 Å². The van der Waals surface area contributed by atoms with Gasteiger partial charge in [-0.3, -0.25) is 4.79 Å². The van der Waals surface area contributed by atoms with Crippen molar-refractivity contribution < 1.29 is 4.79 Å². The summed E-state index contributed by atoms with van der Waals surface area (Å²) < 4.78 is 0. The number of hydrogen-bond acceptors (Lipinski definition) is 2. The molecule has 17 heavy (non-hydrogen) atoms. The first-order chi connectivity index (χ1) is 8.31. The maximum absolute atomic E-state index is 12.5. The van der Waals surface area contributed by atoms with E-state index in [0.29, 0.717) is 11.8 Å². The molecule has 0 saturated heterocycles. The van der Waals surface area contributed by atoms with Gasteiger partial charge in [0.1, 0.15) is 0 Å². The summed E-state index contributed by atoms with van der Waals surface area (Å²) in [4.78, 5) is 12.5. The third kappa shape index (κ3) is 1.58. The van der Waals surface area contributed by atoms with E-state index in [4.69, 9.17) is 0 Å². The van der Waals surface area contributed by atoms with Crippen LogP contribution in [-0.2, 0) is 0 Å². The van der Waals surface area contributed by atoms with Crippen LogP contribution in [0.25, 0.3) is 0 Å². The minimum atomic E-state index is -0.0406. The minimum absolute atomic E-state index is 0.0403. The molecule has 0 aliphatic heterocycles. The zero-order valence-corrected chi connectivity index (χ0v) is 9.67. The van der Waals surface area contributed by atoms with Crippen molar-refractivity contribution in [2.45, 2.75) is 19.3 Å². The van der Waals surface area contributed by atoms with Crippen molar-refractivity contribution in [3.63, 3.8) is 0 Å². The Morgan fingerprint density at radius 3 is 2.59 bits per heavy atom. The van der Waals surface area contributed by atoms with Crippen LogP contribution in [0.3, 0.4) is 0 Å². The summed E-state index contributed by atoms with van der Waals surface area (Å²) in [5.74, 6) is 1.03. The Hall–Kier alpha value is -1.62. The number of ketones is 1. The number of benzene rings is 1. The predicted octanol–water partition coefficient (Wildman–Crippen LogP) is 3.06. The SMILES string of the molecule is N#C[C@H]1[C@@H]2CC[C@@H](C2)[C@@H]1C(=O)c1ccccc1. The normalized spacial score (nSPS) is 34.5. The fourth-order valence-electron chi connectivity index (χ4n) is 3.65. The van der Waals surface area contributed by atoms with Crippen LogP contribution < -0.4 is 0 Å². The molecule has 0 amide bonds. The molecule has 2 fully saturated rings. The maximum atomic E-state index is 12.5. The Labute approximate surface area is 101 Å². The quantitative estimate of drug-likeness (QED) is 0.726. The second-order valence-corrected chi connectivity index (χ2v) is 5.24. The monoisotopic (exact) mass is 225 g/mol. The second kappa shape index (κ2) is 4.00.